The van der Waals surface area contributed by atoms with Crippen molar-refractivity contribution in [2.24, 2.45) is 5.84 Å². The van der Waals surface area contributed by atoms with Gasteiger partial charge in [-0.25, -0.2) is 5.84 Å². The summed E-state index contributed by atoms with van der Waals surface area (Å²) in [7, 11) is 0. The molecule has 1 aromatic heterocycles. The van der Waals surface area contributed by atoms with E-state index in [0.29, 0.717) is 17.0 Å². The van der Waals surface area contributed by atoms with Crippen molar-refractivity contribution in [1.82, 2.24) is 15.6 Å². The van der Waals surface area contributed by atoms with Crippen LogP contribution in [0.2, 0.25) is 0 Å². The van der Waals surface area contributed by atoms with Gasteiger partial charge in [-0.05, 0) is 38.0 Å². The quantitative estimate of drug-likeness (QED) is 0.447. The maximum absolute atomic E-state index is 11.7. The third kappa shape index (κ3) is 2.80. The number of amides is 1. The molecule has 0 saturated heterocycles. The lowest BCUT2D eigenvalue weighted by Crippen LogP contribution is -2.31. The van der Waals surface area contributed by atoms with E-state index in [9.17, 15) is 4.79 Å². The first kappa shape index (κ1) is 14.1. The third-order valence-corrected chi connectivity index (χ3v) is 3.09. The normalized spacial score (nSPS) is 10.4. The highest BCUT2D eigenvalue weighted by molar-refractivity contribution is 5.95. The van der Waals surface area contributed by atoms with Crippen molar-refractivity contribution in [2.45, 2.75) is 27.4 Å². The summed E-state index contributed by atoms with van der Waals surface area (Å²) in [5.74, 6) is 5.57. The molecule has 1 heterocycles. The van der Waals surface area contributed by atoms with Gasteiger partial charge < -0.3 is 4.74 Å². The molecule has 2 rings (SSSR count). The van der Waals surface area contributed by atoms with Gasteiger partial charge in [-0.15, -0.1) is 0 Å². The van der Waals surface area contributed by atoms with Gasteiger partial charge in [0.1, 0.15) is 18.1 Å². The van der Waals surface area contributed by atoms with Crippen LogP contribution in [0.1, 0.15) is 32.9 Å². The molecule has 0 aliphatic carbocycles. The topological polar surface area (TPSA) is 93.0 Å². The molecule has 4 N–H and O–H groups in total. The number of H-pyrrole nitrogens is 1. The second-order valence-corrected chi connectivity index (χ2v) is 4.70. The van der Waals surface area contributed by atoms with E-state index in [0.717, 1.165) is 16.9 Å². The molecular formula is C14H18N4O2. The molecule has 0 aliphatic heterocycles. The number of nitrogen functional groups attached to an aromatic ring is 1. The maximum atomic E-state index is 11.7. The Bertz CT molecular complexity index is 634. The number of ether oxygens (including phenoxy) is 1. The number of aromatic amines is 1. The minimum Gasteiger partial charge on any atom is -0.487 e. The lowest BCUT2D eigenvalue weighted by atomic mass is 10.1. The molecule has 6 heteroatoms. The average Bonchev–Trinajstić information content (AvgIpc) is 2.80. The largest absolute Gasteiger partial charge is 0.487 e. The summed E-state index contributed by atoms with van der Waals surface area (Å²) in [6.07, 6.45) is 0. The van der Waals surface area contributed by atoms with Crippen LogP contribution in [-0.4, -0.2) is 16.1 Å². The molecule has 0 unspecified atom stereocenters. The molecule has 0 spiro atoms. The zero-order valence-electron chi connectivity index (χ0n) is 11.8. The van der Waals surface area contributed by atoms with Crippen molar-refractivity contribution in [2.75, 3.05) is 0 Å². The zero-order valence-corrected chi connectivity index (χ0v) is 11.8. The van der Waals surface area contributed by atoms with E-state index in [-0.39, 0.29) is 12.5 Å². The Balaban J connectivity index is 2.19. The van der Waals surface area contributed by atoms with Gasteiger partial charge in [-0.3, -0.25) is 15.3 Å². The summed E-state index contributed by atoms with van der Waals surface area (Å²) < 4.78 is 5.75. The van der Waals surface area contributed by atoms with E-state index < -0.39 is 0 Å². The Kier molecular flexibility index (Phi) is 4.05. The van der Waals surface area contributed by atoms with Crippen LogP contribution in [0.15, 0.2) is 18.2 Å². The van der Waals surface area contributed by atoms with E-state index >= 15 is 0 Å². The van der Waals surface area contributed by atoms with Crippen LogP contribution in [-0.2, 0) is 6.61 Å². The highest BCUT2D eigenvalue weighted by Crippen LogP contribution is 2.21. The molecule has 6 nitrogen and oxygen atoms in total. The van der Waals surface area contributed by atoms with Crippen molar-refractivity contribution >= 4 is 5.91 Å². The summed E-state index contributed by atoms with van der Waals surface area (Å²) in [4.78, 5) is 11.7. The molecular weight excluding hydrogens is 256 g/mol. The number of carbonyl (C=O) groups excluding carboxylic acids is 1. The number of hydrogen-bond donors (Lipinski definition) is 3. The molecule has 2 aromatic rings. The minimum absolute atomic E-state index is 0.206. The third-order valence-electron chi connectivity index (χ3n) is 3.09. The fourth-order valence-corrected chi connectivity index (χ4v) is 1.97. The number of nitrogens with one attached hydrogen (secondary N) is 2. The van der Waals surface area contributed by atoms with Gasteiger partial charge in [-0.1, -0.05) is 12.1 Å². The first-order valence-electron chi connectivity index (χ1n) is 6.27. The van der Waals surface area contributed by atoms with Crippen LogP contribution in [0.4, 0.5) is 0 Å². The number of benzene rings is 1. The van der Waals surface area contributed by atoms with Gasteiger partial charge in [0.15, 0.2) is 0 Å². The summed E-state index contributed by atoms with van der Waals surface area (Å²) in [5.41, 5.74) is 5.88. The Morgan fingerprint density at radius 1 is 1.40 bits per heavy atom. The van der Waals surface area contributed by atoms with Gasteiger partial charge in [-0.2, -0.15) is 5.10 Å². The fourth-order valence-electron chi connectivity index (χ4n) is 1.97. The van der Waals surface area contributed by atoms with Gasteiger partial charge in [0.2, 0.25) is 0 Å². The number of hydrogen-bond acceptors (Lipinski definition) is 4. The molecule has 1 aromatic carbocycles. The number of nitrogens with two attached hydrogens (primary N) is 1. The molecule has 0 saturated carbocycles. The second-order valence-electron chi connectivity index (χ2n) is 4.70. The monoisotopic (exact) mass is 274 g/mol. The van der Waals surface area contributed by atoms with Gasteiger partial charge in [0.05, 0.1) is 5.56 Å². The van der Waals surface area contributed by atoms with Crippen molar-refractivity contribution in [3.05, 3.63) is 46.3 Å². The highest BCUT2D eigenvalue weighted by atomic mass is 16.5. The number of aryl methyl sites for hydroxylation is 3. The first-order chi connectivity index (χ1) is 9.52. The van der Waals surface area contributed by atoms with Crippen LogP contribution in [0.25, 0.3) is 0 Å². The van der Waals surface area contributed by atoms with Crippen molar-refractivity contribution in [1.29, 1.82) is 0 Å². The van der Waals surface area contributed by atoms with Crippen LogP contribution >= 0.6 is 0 Å². The van der Waals surface area contributed by atoms with E-state index in [2.05, 4.69) is 15.6 Å². The zero-order chi connectivity index (χ0) is 14.7. The number of carbonyl (C=O) groups is 1. The molecule has 106 valence electrons. The SMILES string of the molecule is Cc1ccc(C)c(OCc2n[nH]c(C)c2C(=O)NN)c1. The predicted octanol–water partition coefficient (Wildman–Crippen LogP) is 1.52. The summed E-state index contributed by atoms with van der Waals surface area (Å²) in [6, 6.07) is 5.97. The molecule has 0 aliphatic rings. The van der Waals surface area contributed by atoms with Crippen LogP contribution in [0.3, 0.4) is 0 Å². The molecule has 0 radical (unpaired) electrons. The average molecular weight is 274 g/mol. The van der Waals surface area contributed by atoms with Crippen molar-refractivity contribution in [3.8, 4) is 5.75 Å². The van der Waals surface area contributed by atoms with Crippen molar-refractivity contribution < 1.29 is 9.53 Å². The van der Waals surface area contributed by atoms with E-state index in [1.807, 2.05) is 32.0 Å². The summed E-state index contributed by atoms with van der Waals surface area (Å²) in [6.45, 7) is 5.94. The van der Waals surface area contributed by atoms with Gasteiger partial charge >= 0.3 is 0 Å². The Hall–Kier alpha value is -2.34. The van der Waals surface area contributed by atoms with Crippen LogP contribution in [0.5, 0.6) is 5.75 Å². The number of hydrazine groups is 1. The molecule has 0 fully saturated rings. The predicted molar refractivity (Wildman–Crippen MR) is 75.2 cm³/mol. The molecule has 20 heavy (non-hydrogen) atoms. The van der Waals surface area contributed by atoms with Crippen molar-refractivity contribution in [3.63, 3.8) is 0 Å². The molecule has 0 bridgehead atoms. The van der Waals surface area contributed by atoms with Crippen LogP contribution < -0.4 is 16.0 Å². The minimum atomic E-state index is -0.379. The van der Waals surface area contributed by atoms with E-state index in [1.165, 1.54) is 0 Å². The Morgan fingerprint density at radius 3 is 2.85 bits per heavy atom. The lowest BCUT2D eigenvalue weighted by Gasteiger charge is -2.09. The van der Waals surface area contributed by atoms with Gasteiger partial charge in [0.25, 0.3) is 5.91 Å². The standard InChI is InChI=1S/C14H18N4O2/c1-8-4-5-9(2)12(6-8)20-7-11-13(14(19)16-15)10(3)17-18-11/h4-6H,7,15H2,1-3H3,(H,16,19)(H,17,18). The van der Waals surface area contributed by atoms with Crippen LogP contribution in [0, 0.1) is 20.8 Å². The first-order valence-corrected chi connectivity index (χ1v) is 6.27. The number of aromatic nitrogens is 2. The molecule has 1 amide bonds. The fraction of sp³-hybridized carbons (Fsp3) is 0.286. The number of nitrogens with zero attached hydrogens (tertiary/aromatic N) is 1. The maximum Gasteiger partial charge on any atom is 0.269 e. The Morgan fingerprint density at radius 2 is 2.15 bits per heavy atom. The Labute approximate surface area is 117 Å². The lowest BCUT2D eigenvalue weighted by molar-refractivity contribution is 0.0950. The van der Waals surface area contributed by atoms with Gasteiger partial charge in [0, 0.05) is 5.69 Å². The van der Waals surface area contributed by atoms with E-state index in [4.69, 9.17) is 10.6 Å². The highest BCUT2D eigenvalue weighted by Gasteiger charge is 2.17. The smallest absolute Gasteiger partial charge is 0.269 e. The summed E-state index contributed by atoms with van der Waals surface area (Å²) in [5, 5.41) is 6.85. The summed E-state index contributed by atoms with van der Waals surface area (Å²) >= 11 is 0. The molecule has 0 atom stereocenters. The van der Waals surface area contributed by atoms with E-state index in [1.54, 1.807) is 6.92 Å². The second kappa shape index (κ2) is 5.75. The number of rotatable bonds is 4.